The zero-order valence-corrected chi connectivity index (χ0v) is 20.1. The predicted octanol–water partition coefficient (Wildman–Crippen LogP) is 2.37. The summed E-state index contributed by atoms with van der Waals surface area (Å²) in [7, 11) is -2.40. The van der Waals surface area contributed by atoms with Gasteiger partial charge in [0.25, 0.3) is 0 Å². The molecule has 1 aliphatic rings. The van der Waals surface area contributed by atoms with Gasteiger partial charge in [0, 0.05) is 38.9 Å². The summed E-state index contributed by atoms with van der Waals surface area (Å²) in [5.41, 5.74) is 2.44. The molecule has 0 bridgehead atoms. The molecule has 0 saturated carbocycles. The van der Waals surface area contributed by atoms with Crippen LogP contribution >= 0.6 is 0 Å². The van der Waals surface area contributed by atoms with Crippen LogP contribution in [0.25, 0.3) is 11.0 Å². The minimum absolute atomic E-state index is 0.107. The molecule has 1 atom stereocenters. The Morgan fingerprint density at radius 3 is 2.45 bits per heavy atom. The van der Waals surface area contributed by atoms with Gasteiger partial charge in [0.1, 0.15) is 5.52 Å². The molecule has 33 heavy (non-hydrogen) atoms. The minimum atomic E-state index is -3.84. The lowest BCUT2D eigenvalue weighted by atomic mass is 10.2. The molecule has 2 aromatic carbocycles. The van der Waals surface area contributed by atoms with Crippen molar-refractivity contribution in [2.24, 2.45) is 0 Å². The van der Waals surface area contributed by atoms with Crippen LogP contribution in [0.4, 0.5) is 5.69 Å². The SMILES string of the molecule is CCC(C)n1nnc2cc(S(=O)(=O)N(C)CC(=O)N3CCN(c4ccccc4)CC3)ccc21. The maximum absolute atomic E-state index is 13.1. The van der Waals surface area contributed by atoms with Crippen molar-refractivity contribution in [2.45, 2.75) is 31.2 Å². The maximum atomic E-state index is 13.1. The van der Waals surface area contributed by atoms with Crippen molar-refractivity contribution < 1.29 is 13.2 Å². The number of hydrogen-bond donors (Lipinski definition) is 0. The Morgan fingerprint density at radius 2 is 1.79 bits per heavy atom. The largest absolute Gasteiger partial charge is 0.368 e. The van der Waals surface area contributed by atoms with Crippen molar-refractivity contribution in [1.82, 2.24) is 24.2 Å². The van der Waals surface area contributed by atoms with E-state index in [1.165, 1.54) is 13.1 Å². The van der Waals surface area contributed by atoms with E-state index in [9.17, 15) is 13.2 Å². The first-order chi connectivity index (χ1) is 15.8. The Balaban J connectivity index is 1.41. The average molecular weight is 471 g/mol. The fraction of sp³-hybridized carbons (Fsp3) is 0.435. The monoisotopic (exact) mass is 470 g/mol. The highest BCUT2D eigenvalue weighted by Crippen LogP contribution is 2.23. The van der Waals surface area contributed by atoms with Gasteiger partial charge < -0.3 is 9.80 Å². The van der Waals surface area contributed by atoms with Crippen LogP contribution in [-0.2, 0) is 14.8 Å². The summed E-state index contributed by atoms with van der Waals surface area (Å²) in [5.74, 6) is -0.197. The van der Waals surface area contributed by atoms with Crippen molar-refractivity contribution in [3.63, 3.8) is 0 Å². The van der Waals surface area contributed by atoms with E-state index in [1.807, 2.05) is 25.1 Å². The van der Waals surface area contributed by atoms with Gasteiger partial charge in [-0.2, -0.15) is 4.31 Å². The van der Waals surface area contributed by atoms with E-state index in [-0.39, 0.29) is 23.4 Å². The molecule has 0 radical (unpaired) electrons. The summed E-state index contributed by atoms with van der Waals surface area (Å²) >= 11 is 0. The number of carbonyl (C=O) groups is 1. The standard InChI is InChI=1S/C23H30N6O3S/c1-4-18(2)29-22-11-10-20(16-21(22)24-25-29)33(31,32)26(3)17-23(30)28-14-12-27(13-15-28)19-8-6-5-7-9-19/h5-11,16,18H,4,12-15,17H2,1-3H3. The van der Waals surface area contributed by atoms with Crippen LogP contribution in [-0.4, -0.2) is 78.3 Å². The van der Waals surface area contributed by atoms with Crippen molar-refractivity contribution in [1.29, 1.82) is 0 Å². The minimum Gasteiger partial charge on any atom is -0.368 e. The zero-order valence-electron chi connectivity index (χ0n) is 19.3. The summed E-state index contributed by atoms with van der Waals surface area (Å²) < 4.78 is 29.1. The van der Waals surface area contributed by atoms with Crippen molar-refractivity contribution in [3.8, 4) is 0 Å². The molecule has 1 fully saturated rings. The molecular weight excluding hydrogens is 440 g/mol. The second kappa shape index (κ2) is 9.48. The lowest BCUT2D eigenvalue weighted by Gasteiger charge is -2.36. The first kappa shape index (κ1) is 23.2. The van der Waals surface area contributed by atoms with Gasteiger partial charge in [-0.3, -0.25) is 4.79 Å². The van der Waals surface area contributed by atoms with Crippen molar-refractivity contribution in [3.05, 3.63) is 48.5 Å². The molecule has 3 aromatic rings. The third kappa shape index (κ3) is 4.72. The van der Waals surface area contributed by atoms with E-state index in [0.717, 1.165) is 21.9 Å². The molecule has 0 spiro atoms. The molecule has 2 heterocycles. The van der Waals surface area contributed by atoms with Gasteiger partial charge in [0.05, 0.1) is 23.0 Å². The summed E-state index contributed by atoms with van der Waals surface area (Å²) in [6.07, 6.45) is 0.892. The van der Waals surface area contributed by atoms with Gasteiger partial charge >= 0.3 is 0 Å². The van der Waals surface area contributed by atoms with Gasteiger partial charge in [0.15, 0.2) is 0 Å². The molecule has 4 rings (SSSR count). The van der Waals surface area contributed by atoms with Crippen LogP contribution in [0.2, 0.25) is 0 Å². The molecule has 0 N–H and O–H groups in total. The Labute approximate surface area is 194 Å². The number of sulfonamides is 1. The number of amides is 1. The molecule has 0 aliphatic carbocycles. The topological polar surface area (TPSA) is 91.6 Å². The number of benzene rings is 2. The number of aromatic nitrogens is 3. The summed E-state index contributed by atoms with van der Waals surface area (Å²) in [4.78, 5) is 16.9. The van der Waals surface area contributed by atoms with Crippen LogP contribution in [0.1, 0.15) is 26.3 Å². The normalized spacial score (nSPS) is 15.9. The van der Waals surface area contributed by atoms with Gasteiger partial charge in [-0.25, -0.2) is 13.1 Å². The number of anilines is 1. The number of para-hydroxylation sites is 1. The Morgan fingerprint density at radius 1 is 1.09 bits per heavy atom. The van der Waals surface area contributed by atoms with Crippen LogP contribution in [0.15, 0.2) is 53.4 Å². The van der Waals surface area contributed by atoms with E-state index in [1.54, 1.807) is 21.7 Å². The molecular formula is C23H30N6O3S. The molecule has 1 aliphatic heterocycles. The molecule has 1 unspecified atom stereocenters. The number of piperazine rings is 1. The predicted molar refractivity (Wildman–Crippen MR) is 128 cm³/mol. The Bertz CT molecular complexity index is 1220. The van der Waals surface area contributed by atoms with Crippen molar-refractivity contribution in [2.75, 3.05) is 44.7 Å². The Hall–Kier alpha value is -2.98. The Kier molecular flexibility index (Phi) is 6.66. The number of rotatable bonds is 7. The number of fused-ring (bicyclic) bond motifs is 1. The molecule has 9 nitrogen and oxygen atoms in total. The maximum Gasteiger partial charge on any atom is 0.243 e. The van der Waals surface area contributed by atoms with Gasteiger partial charge in [-0.1, -0.05) is 30.3 Å². The first-order valence-corrected chi connectivity index (χ1v) is 12.6. The third-order valence-electron chi connectivity index (χ3n) is 6.27. The van der Waals surface area contributed by atoms with E-state index in [2.05, 4.69) is 34.3 Å². The van der Waals surface area contributed by atoms with Gasteiger partial charge in [-0.05, 0) is 43.7 Å². The van der Waals surface area contributed by atoms with Gasteiger partial charge in [0.2, 0.25) is 15.9 Å². The van der Waals surface area contributed by atoms with E-state index < -0.39 is 10.0 Å². The smallest absolute Gasteiger partial charge is 0.243 e. The van der Waals surface area contributed by atoms with Crippen LogP contribution in [0.3, 0.4) is 0 Å². The number of nitrogens with zero attached hydrogens (tertiary/aromatic N) is 6. The highest BCUT2D eigenvalue weighted by Gasteiger charge is 2.28. The fourth-order valence-corrected chi connectivity index (χ4v) is 5.13. The zero-order chi connectivity index (χ0) is 23.6. The molecule has 176 valence electrons. The van der Waals surface area contributed by atoms with Crippen LogP contribution in [0.5, 0.6) is 0 Å². The van der Waals surface area contributed by atoms with Crippen molar-refractivity contribution >= 4 is 32.7 Å². The lowest BCUT2D eigenvalue weighted by molar-refractivity contribution is -0.131. The first-order valence-electron chi connectivity index (χ1n) is 11.2. The van der Waals surface area contributed by atoms with Crippen LogP contribution in [0, 0.1) is 0 Å². The van der Waals surface area contributed by atoms with E-state index in [4.69, 9.17) is 0 Å². The summed E-state index contributed by atoms with van der Waals surface area (Å²) in [5, 5.41) is 8.30. The summed E-state index contributed by atoms with van der Waals surface area (Å²) in [6, 6.07) is 15.0. The quantitative estimate of drug-likeness (QED) is 0.527. The highest BCUT2D eigenvalue weighted by molar-refractivity contribution is 7.89. The van der Waals surface area contributed by atoms with Gasteiger partial charge in [-0.15, -0.1) is 5.10 Å². The van der Waals surface area contributed by atoms with E-state index >= 15 is 0 Å². The second-order valence-corrected chi connectivity index (χ2v) is 10.5. The van der Waals surface area contributed by atoms with Crippen LogP contribution < -0.4 is 4.90 Å². The third-order valence-corrected chi connectivity index (χ3v) is 8.07. The number of likely N-dealkylation sites (N-methyl/N-ethyl adjacent to an activating group) is 1. The number of hydrogen-bond acceptors (Lipinski definition) is 6. The summed E-state index contributed by atoms with van der Waals surface area (Å²) in [6.45, 7) is 6.45. The number of carbonyl (C=O) groups excluding carboxylic acids is 1. The molecule has 10 heteroatoms. The highest BCUT2D eigenvalue weighted by atomic mass is 32.2. The molecule has 1 aromatic heterocycles. The second-order valence-electron chi connectivity index (χ2n) is 8.41. The average Bonchev–Trinajstić information content (AvgIpc) is 3.27. The molecule has 1 saturated heterocycles. The lowest BCUT2D eigenvalue weighted by Crippen LogP contribution is -2.51. The fourth-order valence-electron chi connectivity index (χ4n) is 3.99. The van der Waals surface area contributed by atoms with E-state index in [0.29, 0.717) is 31.7 Å². The molecule has 1 amide bonds.